The number of amides is 1. The summed E-state index contributed by atoms with van der Waals surface area (Å²) >= 11 is 0. The van der Waals surface area contributed by atoms with E-state index in [0.717, 1.165) is 32.1 Å². The van der Waals surface area contributed by atoms with Crippen LogP contribution in [0, 0.1) is 17.8 Å². The molecule has 1 fully saturated rings. The summed E-state index contributed by atoms with van der Waals surface area (Å²) < 4.78 is 11.3. The van der Waals surface area contributed by atoms with Crippen LogP contribution in [0.25, 0.3) is 0 Å². The fourth-order valence-corrected chi connectivity index (χ4v) is 4.40. The average Bonchev–Trinajstić information content (AvgIpc) is 2.70. The van der Waals surface area contributed by atoms with E-state index in [0.29, 0.717) is 24.2 Å². The summed E-state index contributed by atoms with van der Waals surface area (Å²) in [5.74, 6) is 0.985. The third kappa shape index (κ3) is 8.92. The number of rotatable bonds is 6. The lowest BCUT2D eigenvalue weighted by atomic mass is 9.77. The zero-order chi connectivity index (χ0) is 23.0. The predicted molar refractivity (Wildman–Crippen MR) is 124 cm³/mol. The van der Waals surface area contributed by atoms with Gasteiger partial charge in [-0.1, -0.05) is 57.0 Å². The van der Waals surface area contributed by atoms with Crippen LogP contribution >= 0.6 is 0 Å². The minimum absolute atomic E-state index is 0.194. The molecule has 0 aliphatic carbocycles. The first-order valence-electron chi connectivity index (χ1n) is 11.8. The Morgan fingerprint density at radius 2 is 1.87 bits per heavy atom. The van der Waals surface area contributed by atoms with Gasteiger partial charge in [0.25, 0.3) is 0 Å². The first-order valence-corrected chi connectivity index (χ1v) is 11.8. The van der Waals surface area contributed by atoms with Gasteiger partial charge in [-0.3, -0.25) is 0 Å². The molecule has 0 bridgehead atoms. The zero-order valence-corrected chi connectivity index (χ0v) is 20.1. The predicted octanol–water partition coefficient (Wildman–Crippen LogP) is 5.91. The summed E-state index contributed by atoms with van der Waals surface area (Å²) in [6, 6.07) is 9.89. The van der Waals surface area contributed by atoms with Crippen LogP contribution in [0.5, 0.6) is 0 Å². The first kappa shape index (κ1) is 25.2. The van der Waals surface area contributed by atoms with Crippen molar-refractivity contribution in [3.8, 4) is 0 Å². The molecule has 31 heavy (non-hydrogen) atoms. The summed E-state index contributed by atoms with van der Waals surface area (Å²) in [4.78, 5) is 25.1. The molecule has 5 nitrogen and oxygen atoms in total. The fraction of sp³-hybridized carbons (Fsp3) is 0.692. The highest BCUT2D eigenvalue weighted by molar-refractivity contribution is 5.81. The SMILES string of the molecule is CC(C)CC[C@@H]1[C@@H](Cc2ccccc2)CCC[C@H](NC(=O)OC(C)(C)C)C(=O)O[C@H]1C. The van der Waals surface area contributed by atoms with Gasteiger partial charge in [0.15, 0.2) is 0 Å². The van der Waals surface area contributed by atoms with E-state index < -0.39 is 17.7 Å². The lowest BCUT2D eigenvalue weighted by Gasteiger charge is -2.32. The van der Waals surface area contributed by atoms with Crippen molar-refractivity contribution < 1.29 is 19.1 Å². The number of nitrogens with one attached hydrogen (secondary N) is 1. The number of carbonyl (C=O) groups excluding carboxylic acids is 2. The first-order chi connectivity index (χ1) is 14.5. The van der Waals surface area contributed by atoms with E-state index in [-0.39, 0.29) is 12.1 Å². The lowest BCUT2D eigenvalue weighted by Crippen LogP contribution is -2.45. The fourth-order valence-electron chi connectivity index (χ4n) is 4.40. The molecule has 1 aromatic carbocycles. The van der Waals surface area contributed by atoms with E-state index in [4.69, 9.17) is 9.47 Å². The molecule has 0 radical (unpaired) electrons. The Kier molecular flexibility index (Phi) is 9.39. The Bertz CT molecular complexity index is 695. The molecule has 1 amide bonds. The Morgan fingerprint density at radius 1 is 1.19 bits per heavy atom. The second-order valence-electron chi connectivity index (χ2n) is 10.4. The van der Waals surface area contributed by atoms with Crippen molar-refractivity contribution >= 4 is 12.1 Å². The minimum atomic E-state index is -0.668. The van der Waals surface area contributed by atoms with E-state index in [2.05, 4.69) is 43.4 Å². The number of benzene rings is 1. The molecule has 0 unspecified atom stereocenters. The van der Waals surface area contributed by atoms with Crippen molar-refractivity contribution in [2.24, 2.45) is 17.8 Å². The maximum Gasteiger partial charge on any atom is 0.408 e. The standard InChI is InChI=1S/C26H41NO4/c1-18(2)15-16-22-19(3)30-24(28)23(27-25(29)31-26(4,5)6)14-10-13-21(22)17-20-11-8-7-9-12-20/h7-9,11-12,18-19,21-23H,10,13-17H2,1-6H3,(H,27,29)/t19-,21+,22-,23-/m0/s1. The highest BCUT2D eigenvalue weighted by Crippen LogP contribution is 2.33. The monoisotopic (exact) mass is 431 g/mol. The van der Waals surface area contributed by atoms with Crippen molar-refractivity contribution in [3.63, 3.8) is 0 Å². The molecular weight excluding hydrogens is 390 g/mol. The molecular formula is C26H41NO4. The molecule has 0 aromatic heterocycles. The Labute approximate surface area is 188 Å². The van der Waals surface area contributed by atoms with E-state index >= 15 is 0 Å². The minimum Gasteiger partial charge on any atom is -0.461 e. The summed E-state index contributed by atoms with van der Waals surface area (Å²) in [5, 5.41) is 2.74. The number of hydrogen-bond acceptors (Lipinski definition) is 4. The van der Waals surface area contributed by atoms with Crippen LogP contribution < -0.4 is 5.32 Å². The second-order valence-corrected chi connectivity index (χ2v) is 10.4. The lowest BCUT2D eigenvalue weighted by molar-refractivity contribution is -0.154. The summed E-state index contributed by atoms with van der Waals surface area (Å²) in [6.07, 6.45) is 4.79. The van der Waals surface area contributed by atoms with Gasteiger partial charge in [-0.25, -0.2) is 9.59 Å². The van der Waals surface area contributed by atoms with Crippen molar-refractivity contribution in [1.29, 1.82) is 0 Å². The average molecular weight is 432 g/mol. The van der Waals surface area contributed by atoms with Crippen molar-refractivity contribution in [2.75, 3.05) is 0 Å². The van der Waals surface area contributed by atoms with Gasteiger partial charge in [-0.2, -0.15) is 0 Å². The van der Waals surface area contributed by atoms with Gasteiger partial charge in [0.1, 0.15) is 17.7 Å². The molecule has 1 aromatic rings. The topological polar surface area (TPSA) is 64.6 Å². The highest BCUT2D eigenvalue weighted by Gasteiger charge is 2.34. The molecule has 1 N–H and O–H groups in total. The number of esters is 1. The van der Waals surface area contributed by atoms with Crippen LogP contribution in [0.15, 0.2) is 30.3 Å². The molecule has 1 heterocycles. The normalized spacial score (nSPS) is 25.2. The van der Waals surface area contributed by atoms with Crippen LogP contribution in [-0.4, -0.2) is 29.8 Å². The van der Waals surface area contributed by atoms with Crippen LogP contribution in [-0.2, 0) is 20.7 Å². The van der Waals surface area contributed by atoms with Gasteiger partial charge >= 0.3 is 12.1 Å². The van der Waals surface area contributed by atoms with Gasteiger partial charge < -0.3 is 14.8 Å². The van der Waals surface area contributed by atoms with Crippen molar-refractivity contribution in [1.82, 2.24) is 5.32 Å². The quantitative estimate of drug-likeness (QED) is 0.569. The molecule has 4 atom stereocenters. The number of alkyl carbamates (subject to hydrolysis) is 1. The molecule has 1 saturated heterocycles. The van der Waals surface area contributed by atoms with E-state index in [9.17, 15) is 9.59 Å². The van der Waals surface area contributed by atoms with Gasteiger partial charge in [-0.05, 0) is 76.7 Å². The third-order valence-electron chi connectivity index (χ3n) is 5.97. The number of ether oxygens (including phenoxy) is 2. The van der Waals surface area contributed by atoms with E-state index in [1.54, 1.807) is 0 Å². The number of carbonyl (C=O) groups is 2. The Morgan fingerprint density at radius 3 is 2.48 bits per heavy atom. The van der Waals surface area contributed by atoms with Gasteiger partial charge in [-0.15, -0.1) is 0 Å². The van der Waals surface area contributed by atoms with Crippen LogP contribution in [0.2, 0.25) is 0 Å². The molecule has 5 heteroatoms. The third-order valence-corrected chi connectivity index (χ3v) is 5.97. The molecule has 0 saturated carbocycles. The van der Waals surface area contributed by atoms with E-state index in [1.165, 1.54) is 5.56 Å². The molecule has 0 spiro atoms. The smallest absolute Gasteiger partial charge is 0.408 e. The molecule has 2 rings (SSSR count). The van der Waals surface area contributed by atoms with Crippen LogP contribution in [0.3, 0.4) is 0 Å². The molecule has 1 aliphatic heterocycles. The Balaban J connectivity index is 2.15. The second kappa shape index (κ2) is 11.5. The molecule has 174 valence electrons. The van der Waals surface area contributed by atoms with Gasteiger partial charge in [0.05, 0.1) is 0 Å². The highest BCUT2D eigenvalue weighted by atomic mass is 16.6. The van der Waals surface area contributed by atoms with Crippen molar-refractivity contribution in [2.45, 2.75) is 97.8 Å². The largest absolute Gasteiger partial charge is 0.461 e. The van der Waals surface area contributed by atoms with E-state index in [1.807, 2.05) is 33.8 Å². The van der Waals surface area contributed by atoms with Crippen LogP contribution in [0.4, 0.5) is 4.79 Å². The molecule has 1 aliphatic rings. The zero-order valence-electron chi connectivity index (χ0n) is 20.1. The maximum atomic E-state index is 12.9. The van der Waals surface area contributed by atoms with Crippen molar-refractivity contribution in [3.05, 3.63) is 35.9 Å². The van der Waals surface area contributed by atoms with Gasteiger partial charge in [0.2, 0.25) is 0 Å². The summed E-state index contributed by atoms with van der Waals surface area (Å²) in [6.45, 7) is 11.9. The Hall–Kier alpha value is -2.04. The number of hydrogen-bond donors (Lipinski definition) is 1. The summed E-state index contributed by atoms with van der Waals surface area (Å²) in [7, 11) is 0. The van der Waals surface area contributed by atoms with Gasteiger partial charge in [0, 0.05) is 0 Å². The van der Waals surface area contributed by atoms with Crippen LogP contribution in [0.1, 0.15) is 79.2 Å². The summed E-state index contributed by atoms with van der Waals surface area (Å²) in [5.41, 5.74) is 0.714. The maximum absolute atomic E-state index is 12.9. The number of cyclic esters (lactones) is 1.